The van der Waals surface area contributed by atoms with E-state index in [0.717, 1.165) is 25.7 Å². The van der Waals surface area contributed by atoms with Gasteiger partial charge in [-0.15, -0.1) is 11.8 Å². The smallest absolute Gasteiger partial charge is 0.407 e. The zero-order valence-corrected chi connectivity index (χ0v) is 16.2. The molecule has 4 N–H and O–H groups in total. The molecule has 0 aromatic carbocycles. The van der Waals surface area contributed by atoms with Crippen molar-refractivity contribution in [3.8, 4) is 11.8 Å². The lowest BCUT2D eigenvalue weighted by Crippen LogP contribution is -2.31. The van der Waals surface area contributed by atoms with Crippen molar-refractivity contribution in [1.82, 2.24) is 10.6 Å². The predicted molar refractivity (Wildman–Crippen MR) is 101 cm³/mol. The molecule has 0 aromatic rings. The van der Waals surface area contributed by atoms with Crippen molar-refractivity contribution in [2.45, 2.75) is 25.7 Å². The lowest BCUT2D eigenvalue weighted by molar-refractivity contribution is -0.126. The fourth-order valence-electron chi connectivity index (χ4n) is 3.44. The molecule has 0 spiro atoms. The maximum Gasteiger partial charge on any atom is 0.407 e. The second-order valence-electron chi connectivity index (χ2n) is 6.83. The minimum absolute atomic E-state index is 0.171. The molecule has 0 aliphatic heterocycles. The van der Waals surface area contributed by atoms with E-state index in [4.69, 9.17) is 20.1 Å². The largest absolute Gasteiger partial charge is 0.449 e. The summed E-state index contributed by atoms with van der Waals surface area (Å²) in [5.41, 5.74) is 0. The predicted octanol–water partition coefficient (Wildman–Crippen LogP) is 0.192. The van der Waals surface area contributed by atoms with Crippen LogP contribution in [0.15, 0.2) is 0 Å². The molecular weight excluding hydrogens is 366 g/mol. The number of nitrogens with two attached hydrogens (primary N) is 1. The van der Waals surface area contributed by atoms with Crippen LogP contribution in [0.4, 0.5) is 4.79 Å². The molecule has 9 nitrogen and oxygen atoms in total. The van der Waals surface area contributed by atoms with Crippen LogP contribution in [-0.4, -0.2) is 64.7 Å². The number of hydrogen-bond donors (Lipinski definition) is 3. The molecule has 0 heterocycles. The van der Waals surface area contributed by atoms with Crippen LogP contribution in [0.1, 0.15) is 25.7 Å². The summed E-state index contributed by atoms with van der Waals surface area (Å²) in [7, 11) is 0. The van der Waals surface area contributed by atoms with Gasteiger partial charge in [-0.3, -0.25) is 9.63 Å². The molecule has 2 aliphatic carbocycles. The van der Waals surface area contributed by atoms with E-state index in [-0.39, 0.29) is 12.5 Å². The third-order valence-electron chi connectivity index (χ3n) is 4.92. The van der Waals surface area contributed by atoms with Gasteiger partial charge in [-0.05, 0) is 30.6 Å². The molecule has 1 unspecified atom stereocenters. The first kappa shape index (κ1) is 22.4. The summed E-state index contributed by atoms with van der Waals surface area (Å²) in [6.07, 6.45) is 3.77. The van der Waals surface area contributed by atoms with Crippen LogP contribution < -0.4 is 16.5 Å². The molecule has 1 fully saturated rings. The van der Waals surface area contributed by atoms with E-state index in [1.807, 2.05) is 0 Å². The molecule has 0 saturated heterocycles. The number of nitrogens with one attached hydrogen (secondary N) is 2. The van der Waals surface area contributed by atoms with Crippen molar-refractivity contribution in [2.24, 2.45) is 23.7 Å². The minimum Gasteiger partial charge on any atom is -0.449 e. The summed E-state index contributed by atoms with van der Waals surface area (Å²) in [4.78, 5) is 27.0. The Hall–Kier alpha value is -1.86. The number of rotatable bonds is 13. The monoisotopic (exact) mass is 397 g/mol. The quantitative estimate of drug-likeness (QED) is 0.230. The summed E-state index contributed by atoms with van der Waals surface area (Å²) in [5.74, 6) is 12.7. The Morgan fingerprint density at radius 2 is 1.54 bits per heavy atom. The molecule has 158 valence electrons. The number of fused-ring (bicyclic) bond motifs is 1. The van der Waals surface area contributed by atoms with E-state index in [1.165, 1.54) is 0 Å². The molecule has 0 aromatic heterocycles. The third kappa shape index (κ3) is 8.89. The van der Waals surface area contributed by atoms with E-state index in [1.54, 1.807) is 0 Å². The Kier molecular flexibility index (Phi) is 10.7. The Morgan fingerprint density at radius 1 is 0.929 bits per heavy atom. The first-order valence-electron chi connectivity index (χ1n) is 9.82. The zero-order chi connectivity index (χ0) is 20.0. The van der Waals surface area contributed by atoms with E-state index in [0.29, 0.717) is 63.9 Å². The molecule has 3 atom stereocenters. The van der Waals surface area contributed by atoms with Gasteiger partial charge in [0.2, 0.25) is 5.91 Å². The molecule has 0 bridgehead atoms. The van der Waals surface area contributed by atoms with Crippen LogP contribution >= 0.6 is 0 Å². The van der Waals surface area contributed by atoms with Crippen LogP contribution in [0, 0.1) is 29.6 Å². The molecule has 9 heteroatoms. The molecular formula is C19H31N3O6. The second-order valence-corrected chi connectivity index (χ2v) is 6.83. The van der Waals surface area contributed by atoms with Crippen LogP contribution in [0.5, 0.6) is 0 Å². The van der Waals surface area contributed by atoms with Crippen molar-refractivity contribution in [3.63, 3.8) is 0 Å². The Morgan fingerprint density at radius 3 is 2.14 bits per heavy atom. The summed E-state index contributed by atoms with van der Waals surface area (Å²) < 4.78 is 16.0. The number of alkyl carbamates (subject to hydrolysis) is 1. The zero-order valence-electron chi connectivity index (χ0n) is 16.2. The normalized spacial score (nSPS) is 22.7. The van der Waals surface area contributed by atoms with Gasteiger partial charge in [0.1, 0.15) is 6.61 Å². The molecule has 2 amide bonds. The van der Waals surface area contributed by atoms with E-state index < -0.39 is 6.09 Å². The Balaban J connectivity index is 1.35. The average molecular weight is 397 g/mol. The summed E-state index contributed by atoms with van der Waals surface area (Å²) in [6, 6.07) is 0. The highest BCUT2D eigenvalue weighted by Crippen LogP contribution is 2.52. The maximum absolute atomic E-state index is 11.7. The van der Waals surface area contributed by atoms with Gasteiger partial charge in [-0.25, -0.2) is 10.7 Å². The van der Waals surface area contributed by atoms with E-state index >= 15 is 0 Å². The highest BCUT2D eigenvalue weighted by molar-refractivity contribution is 5.77. The Bertz CT molecular complexity index is 530. The highest BCUT2D eigenvalue weighted by Gasteiger charge is 2.49. The lowest BCUT2D eigenvalue weighted by atomic mass is 10.1. The summed E-state index contributed by atoms with van der Waals surface area (Å²) in [5, 5.41) is 5.26. The molecule has 1 saturated carbocycles. The van der Waals surface area contributed by atoms with E-state index in [2.05, 4.69) is 27.3 Å². The molecule has 28 heavy (non-hydrogen) atoms. The van der Waals surface area contributed by atoms with Crippen LogP contribution in [0.25, 0.3) is 0 Å². The minimum atomic E-state index is -0.396. The maximum atomic E-state index is 11.7. The van der Waals surface area contributed by atoms with Gasteiger partial charge in [-0.1, -0.05) is 0 Å². The number of carbonyl (C=O) groups excluding carboxylic acids is 2. The lowest BCUT2D eigenvalue weighted by Gasteiger charge is -2.08. The first-order valence-corrected chi connectivity index (χ1v) is 9.82. The van der Waals surface area contributed by atoms with Crippen LogP contribution in [0.2, 0.25) is 0 Å². The number of amides is 2. The molecule has 2 rings (SSSR count). The molecule has 0 radical (unpaired) electrons. The van der Waals surface area contributed by atoms with Crippen molar-refractivity contribution >= 4 is 12.0 Å². The first-order chi connectivity index (χ1) is 13.7. The van der Waals surface area contributed by atoms with Crippen molar-refractivity contribution < 1.29 is 28.6 Å². The molecule has 2 aliphatic rings. The van der Waals surface area contributed by atoms with E-state index in [9.17, 15) is 9.59 Å². The van der Waals surface area contributed by atoms with Gasteiger partial charge in [0, 0.05) is 25.9 Å². The van der Waals surface area contributed by atoms with Gasteiger partial charge in [0.25, 0.3) is 0 Å². The highest BCUT2D eigenvalue weighted by atomic mass is 16.6. The summed E-state index contributed by atoms with van der Waals surface area (Å²) >= 11 is 0. The van der Waals surface area contributed by atoms with Crippen LogP contribution in [-0.2, 0) is 23.8 Å². The van der Waals surface area contributed by atoms with Crippen molar-refractivity contribution in [2.75, 3.05) is 52.7 Å². The standard InChI is InChI=1S/C19H31N3O6/c20-28-14-18(23)21-7-9-25-11-12-26-10-8-22-19(24)27-13-17-15-5-3-1-2-4-6-16(15)17/h15-17H,3-14,20H2,(H,21,23)(H,22,24)/t15-,16+,17?. The van der Waals surface area contributed by atoms with Gasteiger partial charge in [0.15, 0.2) is 0 Å². The van der Waals surface area contributed by atoms with Gasteiger partial charge in [-0.2, -0.15) is 0 Å². The van der Waals surface area contributed by atoms with Crippen molar-refractivity contribution in [1.29, 1.82) is 0 Å². The number of ether oxygens (including phenoxy) is 3. The fourth-order valence-corrected chi connectivity index (χ4v) is 3.44. The fraction of sp³-hybridized carbons (Fsp3) is 0.789. The Labute approximate surface area is 165 Å². The van der Waals surface area contributed by atoms with Crippen molar-refractivity contribution in [3.05, 3.63) is 0 Å². The van der Waals surface area contributed by atoms with Gasteiger partial charge < -0.3 is 24.8 Å². The number of carbonyl (C=O) groups is 2. The topological polar surface area (TPSA) is 121 Å². The summed E-state index contributed by atoms with van der Waals surface area (Å²) in [6.45, 7) is 2.66. The SMILES string of the molecule is NOCC(=O)NCCOCCOCCNC(=O)OCC1[C@H]2CCC#CCC[C@@H]12. The number of hydrogen-bond acceptors (Lipinski definition) is 7. The van der Waals surface area contributed by atoms with Crippen LogP contribution in [0.3, 0.4) is 0 Å². The third-order valence-corrected chi connectivity index (χ3v) is 4.92. The van der Waals surface area contributed by atoms with Gasteiger partial charge in [0.05, 0.1) is 33.0 Å². The second kappa shape index (κ2) is 13.3. The average Bonchev–Trinajstić information content (AvgIpc) is 3.31. The van der Waals surface area contributed by atoms with Gasteiger partial charge >= 0.3 is 6.09 Å².